The average Bonchev–Trinajstić information content (AvgIpc) is 3.39. The van der Waals surface area contributed by atoms with Gasteiger partial charge in [-0.1, -0.05) is 30.7 Å². The molecule has 0 unspecified atom stereocenters. The molecule has 4 rings (SSSR count). The molecule has 0 bridgehead atoms. The Bertz CT molecular complexity index is 1100. The fourth-order valence-corrected chi connectivity index (χ4v) is 6.08. The summed E-state index contributed by atoms with van der Waals surface area (Å²) in [5.41, 5.74) is 0.551. The molecule has 1 fully saturated rings. The highest BCUT2D eigenvalue weighted by molar-refractivity contribution is 7.99. The normalized spacial score (nSPS) is 15.5. The number of rotatable bonds is 7. The molecule has 0 saturated carbocycles. The zero-order chi connectivity index (χ0) is 21.7. The Morgan fingerprint density at radius 3 is 2.55 bits per heavy atom. The molecule has 11 heteroatoms. The summed E-state index contributed by atoms with van der Waals surface area (Å²) in [5.74, 6) is 0.616. The quantitative estimate of drug-likeness (QED) is 0.501. The number of thiophene rings is 1. The number of sulfonamides is 1. The van der Waals surface area contributed by atoms with Gasteiger partial charge in [-0.2, -0.15) is 4.31 Å². The Kier molecular flexibility index (Phi) is 7.06. The predicted octanol–water partition coefficient (Wildman–Crippen LogP) is 3.83. The molecule has 1 aliphatic heterocycles. The number of benzene rings is 1. The first kappa shape index (κ1) is 22.0. The summed E-state index contributed by atoms with van der Waals surface area (Å²) >= 11 is 2.79. The van der Waals surface area contributed by atoms with Crippen LogP contribution >= 0.6 is 23.1 Å². The van der Waals surface area contributed by atoms with Crippen LogP contribution in [-0.4, -0.2) is 52.7 Å². The lowest BCUT2D eigenvalue weighted by Crippen LogP contribution is -2.31. The van der Waals surface area contributed by atoms with Gasteiger partial charge in [0.1, 0.15) is 0 Å². The molecule has 8 nitrogen and oxygen atoms in total. The molecule has 0 atom stereocenters. The summed E-state index contributed by atoms with van der Waals surface area (Å²) in [6.45, 7) is 1.13. The molecule has 164 valence electrons. The second-order valence-electron chi connectivity index (χ2n) is 7.12. The lowest BCUT2D eigenvalue weighted by molar-refractivity contribution is -0.113. The predicted molar refractivity (Wildman–Crippen MR) is 123 cm³/mol. The van der Waals surface area contributed by atoms with Gasteiger partial charge in [0, 0.05) is 18.8 Å². The van der Waals surface area contributed by atoms with Crippen molar-refractivity contribution in [3.05, 3.63) is 41.8 Å². The van der Waals surface area contributed by atoms with Gasteiger partial charge in [-0.25, -0.2) is 13.4 Å². The van der Waals surface area contributed by atoms with Crippen molar-refractivity contribution in [1.82, 2.24) is 19.5 Å². The standard InChI is InChI=1S/C20H23N5O3S3/c26-18(14-30-20-22-19(23-24-20)17-6-5-13-29-17)21-15-7-9-16(10-8-15)31(27,28)25-11-3-1-2-4-12-25/h5-10,13H,1-4,11-12,14H2,(H,21,26)(H,22,23,24). The van der Waals surface area contributed by atoms with Gasteiger partial charge in [-0.3, -0.25) is 9.89 Å². The molecule has 3 heterocycles. The maximum atomic E-state index is 12.8. The number of nitrogens with one attached hydrogen (secondary N) is 2. The minimum absolute atomic E-state index is 0.148. The molecule has 0 radical (unpaired) electrons. The minimum atomic E-state index is -3.50. The summed E-state index contributed by atoms with van der Waals surface area (Å²) in [6.07, 6.45) is 3.92. The number of hydrogen-bond donors (Lipinski definition) is 2. The number of hydrogen-bond acceptors (Lipinski definition) is 7. The molecule has 1 aromatic carbocycles. The van der Waals surface area contributed by atoms with E-state index in [1.54, 1.807) is 39.9 Å². The third-order valence-corrected chi connectivity index (χ3v) is 8.53. The van der Waals surface area contributed by atoms with Gasteiger partial charge in [-0.15, -0.1) is 16.4 Å². The second kappa shape index (κ2) is 9.94. The molecule has 1 aliphatic rings. The highest BCUT2D eigenvalue weighted by Crippen LogP contribution is 2.24. The van der Waals surface area contributed by atoms with E-state index in [-0.39, 0.29) is 16.6 Å². The molecular formula is C20H23N5O3S3. The van der Waals surface area contributed by atoms with E-state index >= 15 is 0 Å². The lowest BCUT2D eigenvalue weighted by Gasteiger charge is -2.20. The molecule has 2 N–H and O–H groups in total. The maximum absolute atomic E-state index is 12.8. The van der Waals surface area contributed by atoms with Gasteiger partial charge >= 0.3 is 0 Å². The van der Waals surface area contributed by atoms with Crippen molar-refractivity contribution in [2.24, 2.45) is 0 Å². The number of carbonyl (C=O) groups is 1. The van der Waals surface area contributed by atoms with E-state index in [1.807, 2.05) is 17.5 Å². The van der Waals surface area contributed by atoms with Gasteiger partial charge in [0.25, 0.3) is 0 Å². The van der Waals surface area contributed by atoms with Gasteiger partial charge in [-0.05, 0) is 48.6 Å². The van der Waals surface area contributed by atoms with Crippen molar-refractivity contribution in [3.63, 3.8) is 0 Å². The topological polar surface area (TPSA) is 108 Å². The summed E-state index contributed by atoms with van der Waals surface area (Å²) in [4.78, 5) is 17.9. The van der Waals surface area contributed by atoms with Crippen LogP contribution in [0.2, 0.25) is 0 Å². The number of aromatic nitrogens is 3. The fourth-order valence-electron chi connectivity index (χ4n) is 3.30. The number of carbonyl (C=O) groups excluding carboxylic acids is 1. The SMILES string of the molecule is O=C(CSc1n[nH]c(-c2cccs2)n1)Nc1ccc(S(=O)(=O)N2CCCCCC2)cc1. The molecule has 0 spiro atoms. The Morgan fingerprint density at radius 1 is 1.13 bits per heavy atom. The largest absolute Gasteiger partial charge is 0.325 e. The zero-order valence-corrected chi connectivity index (χ0v) is 19.2. The van der Waals surface area contributed by atoms with Crippen molar-refractivity contribution in [1.29, 1.82) is 0 Å². The average molecular weight is 478 g/mol. The van der Waals surface area contributed by atoms with E-state index < -0.39 is 10.0 Å². The fraction of sp³-hybridized carbons (Fsp3) is 0.350. The van der Waals surface area contributed by atoms with E-state index in [4.69, 9.17) is 0 Å². The van der Waals surface area contributed by atoms with Crippen LogP contribution in [-0.2, 0) is 14.8 Å². The Balaban J connectivity index is 1.32. The van der Waals surface area contributed by atoms with Crippen molar-refractivity contribution in [2.75, 3.05) is 24.2 Å². The molecule has 1 amide bonds. The van der Waals surface area contributed by atoms with Crippen molar-refractivity contribution in [2.45, 2.75) is 35.7 Å². The van der Waals surface area contributed by atoms with E-state index in [9.17, 15) is 13.2 Å². The van der Waals surface area contributed by atoms with Gasteiger partial charge in [0.2, 0.25) is 21.1 Å². The van der Waals surface area contributed by atoms with Crippen LogP contribution in [0.5, 0.6) is 0 Å². The number of H-pyrrole nitrogens is 1. The van der Waals surface area contributed by atoms with E-state index in [0.29, 0.717) is 29.8 Å². The smallest absolute Gasteiger partial charge is 0.243 e. The highest BCUT2D eigenvalue weighted by Gasteiger charge is 2.25. The van der Waals surface area contributed by atoms with Crippen LogP contribution in [0.4, 0.5) is 5.69 Å². The van der Waals surface area contributed by atoms with Gasteiger partial charge in [0.05, 0.1) is 15.5 Å². The number of aromatic amines is 1. The van der Waals surface area contributed by atoms with Crippen LogP contribution < -0.4 is 5.32 Å². The van der Waals surface area contributed by atoms with E-state index in [1.165, 1.54) is 11.8 Å². The second-order valence-corrected chi connectivity index (χ2v) is 11.0. The summed E-state index contributed by atoms with van der Waals surface area (Å²) in [6, 6.07) is 10.2. The first-order chi connectivity index (χ1) is 15.0. The number of thioether (sulfide) groups is 1. The van der Waals surface area contributed by atoms with E-state index in [0.717, 1.165) is 30.6 Å². The zero-order valence-electron chi connectivity index (χ0n) is 16.8. The lowest BCUT2D eigenvalue weighted by atomic mass is 10.2. The van der Waals surface area contributed by atoms with Crippen LogP contribution in [0.25, 0.3) is 10.7 Å². The van der Waals surface area contributed by atoms with Crippen molar-refractivity contribution >= 4 is 44.7 Å². The highest BCUT2D eigenvalue weighted by atomic mass is 32.2. The monoisotopic (exact) mass is 477 g/mol. The Hall–Kier alpha value is -2.21. The number of nitrogens with zero attached hydrogens (tertiary/aromatic N) is 3. The molecular weight excluding hydrogens is 454 g/mol. The maximum Gasteiger partial charge on any atom is 0.243 e. The molecule has 31 heavy (non-hydrogen) atoms. The summed E-state index contributed by atoms with van der Waals surface area (Å²) in [5, 5.41) is 12.2. The van der Waals surface area contributed by atoms with Crippen LogP contribution in [0.1, 0.15) is 25.7 Å². The van der Waals surface area contributed by atoms with Crippen molar-refractivity contribution in [3.8, 4) is 10.7 Å². The number of amides is 1. The molecule has 1 saturated heterocycles. The van der Waals surface area contributed by atoms with Gasteiger partial charge < -0.3 is 5.32 Å². The third kappa shape index (κ3) is 5.53. The van der Waals surface area contributed by atoms with Gasteiger partial charge in [0.15, 0.2) is 5.82 Å². The summed E-state index contributed by atoms with van der Waals surface area (Å²) in [7, 11) is -3.50. The molecule has 0 aliphatic carbocycles. The Morgan fingerprint density at radius 2 is 1.87 bits per heavy atom. The number of anilines is 1. The molecule has 2 aromatic heterocycles. The van der Waals surface area contributed by atoms with E-state index in [2.05, 4.69) is 20.5 Å². The van der Waals surface area contributed by atoms with Crippen molar-refractivity contribution < 1.29 is 13.2 Å². The Labute approximate surface area is 189 Å². The summed E-state index contributed by atoms with van der Waals surface area (Å²) < 4.78 is 27.2. The van der Waals surface area contributed by atoms with Crippen LogP contribution in [0.3, 0.4) is 0 Å². The van der Waals surface area contributed by atoms with Crippen LogP contribution in [0.15, 0.2) is 51.8 Å². The third-order valence-electron chi connectivity index (χ3n) is 4.89. The first-order valence-electron chi connectivity index (χ1n) is 10.0. The first-order valence-corrected chi connectivity index (χ1v) is 13.3. The van der Waals surface area contributed by atoms with Crippen LogP contribution in [0, 0.1) is 0 Å². The molecule has 3 aromatic rings. The minimum Gasteiger partial charge on any atom is -0.325 e.